The number of H-pyrrole nitrogens is 1. The Bertz CT molecular complexity index is 864. The first kappa shape index (κ1) is 16.1. The Hall–Kier alpha value is -2.11. The van der Waals surface area contributed by atoms with Crippen LogP contribution in [0.1, 0.15) is 37.7 Å². The van der Waals surface area contributed by atoms with Crippen LogP contribution in [-0.2, 0) is 11.3 Å². The molecule has 1 aromatic carbocycles. The Morgan fingerprint density at radius 3 is 2.62 bits per heavy atom. The number of nitrogens with zero attached hydrogens (tertiary/aromatic N) is 1. The molecule has 0 atom stereocenters. The fourth-order valence-corrected chi connectivity index (χ4v) is 4.26. The van der Waals surface area contributed by atoms with Gasteiger partial charge in [0.05, 0.1) is 6.61 Å². The van der Waals surface area contributed by atoms with Gasteiger partial charge in [0.15, 0.2) is 0 Å². The van der Waals surface area contributed by atoms with E-state index in [0.29, 0.717) is 6.61 Å². The lowest BCUT2D eigenvalue weighted by atomic mass is 9.89. The first-order chi connectivity index (χ1) is 12.7. The van der Waals surface area contributed by atoms with Gasteiger partial charge in [-0.1, -0.05) is 12.5 Å². The number of fused-ring (bicyclic) bond motifs is 1. The van der Waals surface area contributed by atoms with Crippen LogP contribution in [0.3, 0.4) is 0 Å². The highest BCUT2D eigenvalue weighted by Gasteiger charge is 2.42. The quantitative estimate of drug-likeness (QED) is 0.901. The van der Waals surface area contributed by atoms with Crippen molar-refractivity contribution in [2.75, 3.05) is 13.1 Å². The fourth-order valence-electron chi connectivity index (χ4n) is 4.26. The van der Waals surface area contributed by atoms with Crippen LogP contribution in [0, 0.1) is 0 Å². The molecule has 1 spiro atoms. The molecule has 1 saturated heterocycles. The number of ether oxygens (including phenoxy) is 2. The first-order valence-corrected chi connectivity index (χ1v) is 9.60. The van der Waals surface area contributed by atoms with E-state index in [-0.39, 0.29) is 5.56 Å². The average Bonchev–Trinajstić information content (AvgIpc) is 2.62. The van der Waals surface area contributed by atoms with Crippen LogP contribution in [0.2, 0.25) is 0 Å². The predicted octanol–water partition coefficient (Wildman–Crippen LogP) is 3.30. The van der Waals surface area contributed by atoms with Crippen LogP contribution < -0.4 is 10.3 Å². The molecule has 2 fully saturated rings. The highest BCUT2D eigenvalue weighted by atomic mass is 16.7. The second-order valence-corrected chi connectivity index (χ2v) is 7.69. The van der Waals surface area contributed by atoms with E-state index in [0.717, 1.165) is 54.4 Å². The van der Waals surface area contributed by atoms with Gasteiger partial charge in [-0.2, -0.15) is 0 Å². The molecular formula is C21H24N2O3. The lowest BCUT2D eigenvalue weighted by molar-refractivity contribution is -0.231. The summed E-state index contributed by atoms with van der Waals surface area (Å²) in [6.07, 6.45) is 7.61. The maximum Gasteiger partial charge on any atom is 0.248 e. The normalized spacial score (nSPS) is 22.5. The number of aromatic amines is 1. The van der Waals surface area contributed by atoms with Crippen LogP contribution in [0.15, 0.2) is 41.3 Å². The molecule has 26 heavy (non-hydrogen) atoms. The Balaban J connectivity index is 1.33. The van der Waals surface area contributed by atoms with Crippen molar-refractivity contribution >= 4 is 0 Å². The molecule has 1 N–H and O–H groups in total. The number of pyridine rings is 1. The zero-order chi connectivity index (χ0) is 17.6. The van der Waals surface area contributed by atoms with Gasteiger partial charge in [-0.05, 0) is 42.2 Å². The molecule has 3 aliphatic rings. The van der Waals surface area contributed by atoms with Crippen LogP contribution >= 0.6 is 0 Å². The zero-order valence-corrected chi connectivity index (χ0v) is 14.9. The van der Waals surface area contributed by atoms with Crippen molar-refractivity contribution in [2.45, 2.75) is 50.5 Å². The molecule has 5 heteroatoms. The molecule has 0 radical (unpaired) electrons. The Kier molecular flexibility index (Phi) is 3.87. The third-order valence-electron chi connectivity index (χ3n) is 6.11. The average molecular weight is 352 g/mol. The van der Waals surface area contributed by atoms with Crippen LogP contribution in [0.5, 0.6) is 5.75 Å². The summed E-state index contributed by atoms with van der Waals surface area (Å²) in [5.74, 6) is 0.459. The monoisotopic (exact) mass is 352 g/mol. The van der Waals surface area contributed by atoms with Crippen molar-refractivity contribution < 1.29 is 9.47 Å². The molecule has 3 heterocycles. The summed E-state index contributed by atoms with van der Waals surface area (Å²) >= 11 is 0. The third-order valence-corrected chi connectivity index (χ3v) is 6.11. The summed E-state index contributed by atoms with van der Waals surface area (Å²) in [5.41, 5.74) is 2.88. The van der Waals surface area contributed by atoms with Gasteiger partial charge in [0.25, 0.3) is 0 Å². The number of rotatable bonds is 2. The highest BCUT2D eigenvalue weighted by molar-refractivity contribution is 5.65. The van der Waals surface area contributed by atoms with Crippen LogP contribution in [-0.4, -0.2) is 34.8 Å². The van der Waals surface area contributed by atoms with Gasteiger partial charge in [-0.3, -0.25) is 9.69 Å². The summed E-state index contributed by atoms with van der Waals surface area (Å²) in [6, 6.07) is 10.4. The molecule has 2 aromatic rings. The fraction of sp³-hybridized carbons (Fsp3) is 0.476. The van der Waals surface area contributed by atoms with Crippen molar-refractivity contribution in [3.05, 3.63) is 52.4 Å². The molecule has 5 nitrogen and oxygen atoms in total. The number of benzene rings is 1. The largest absolute Gasteiger partial charge is 0.462 e. The van der Waals surface area contributed by atoms with Crippen molar-refractivity contribution in [1.29, 1.82) is 0 Å². The summed E-state index contributed by atoms with van der Waals surface area (Å²) in [5, 5.41) is 0. The van der Waals surface area contributed by atoms with Gasteiger partial charge in [0, 0.05) is 49.8 Å². The van der Waals surface area contributed by atoms with E-state index >= 15 is 0 Å². The van der Waals surface area contributed by atoms with Gasteiger partial charge < -0.3 is 14.5 Å². The molecule has 1 saturated carbocycles. The number of nitrogens with one attached hydrogen (secondary N) is 1. The second kappa shape index (κ2) is 6.25. The number of hydrogen-bond acceptors (Lipinski definition) is 4. The topological polar surface area (TPSA) is 54.6 Å². The van der Waals surface area contributed by atoms with Gasteiger partial charge in [-0.15, -0.1) is 0 Å². The van der Waals surface area contributed by atoms with Gasteiger partial charge in [-0.25, -0.2) is 0 Å². The van der Waals surface area contributed by atoms with E-state index in [1.807, 2.05) is 18.2 Å². The van der Waals surface area contributed by atoms with Crippen molar-refractivity contribution in [2.24, 2.45) is 0 Å². The van der Waals surface area contributed by atoms with Crippen molar-refractivity contribution in [3.8, 4) is 16.9 Å². The Morgan fingerprint density at radius 1 is 1.08 bits per heavy atom. The zero-order valence-electron chi connectivity index (χ0n) is 14.9. The molecule has 2 aliphatic heterocycles. The van der Waals surface area contributed by atoms with Crippen LogP contribution in [0.25, 0.3) is 11.1 Å². The maximum absolute atomic E-state index is 11.5. The molecule has 1 aromatic heterocycles. The molecule has 0 amide bonds. The van der Waals surface area contributed by atoms with E-state index in [2.05, 4.69) is 16.0 Å². The number of piperidine rings is 1. The van der Waals surface area contributed by atoms with Gasteiger partial charge in [0.1, 0.15) is 5.75 Å². The molecule has 0 bridgehead atoms. The van der Waals surface area contributed by atoms with E-state index < -0.39 is 5.79 Å². The molecule has 5 rings (SSSR count). The van der Waals surface area contributed by atoms with E-state index in [1.165, 1.54) is 19.3 Å². The van der Waals surface area contributed by atoms with Crippen molar-refractivity contribution in [3.63, 3.8) is 0 Å². The highest BCUT2D eigenvalue weighted by Crippen LogP contribution is 2.40. The van der Waals surface area contributed by atoms with E-state index in [1.54, 1.807) is 12.3 Å². The molecule has 0 unspecified atom stereocenters. The van der Waals surface area contributed by atoms with Crippen LogP contribution in [0.4, 0.5) is 0 Å². The molecule has 136 valence electrons. The van der Waals surface area contributed by atoms with Crippen molar-refractivity contribution in [1.82, 2.24) is 9.88 Å². The SMILES string of the molecule is O=c1cc(-c2ccc3c(c2)COC2(CCN(C4CCC4)CC2)O3)cc[nH]1. The summed E-state index contributed by atoms with van der Waals surface area (Å²) < 4.78 is 12.5. The summed E-state index contributed by atoms with van der Waals surface area (Å²) in [6.45, 7) is 2.69. The standard InChI is InChI=1S/C21H24N2O3/c24-20-13-16(6-9-22-20)15-4-5-19-17(12-15)14-25-21(26-19)7-10-23(11-8-21)18-2-1-3-18/h4-6,9,12-13,18H,1-3,7-8,10-11,14H2,(H,22,24). The van der Waals surface area contributed by atoms with E-state index in [9.17, 15) is 4.79 Å². The number of likely N-dealkylation sites (tertiary alicyclic amines) is 1. The lowest BCUT2D eigenvalue weighted by Gasteiger charge is -2.47. The number of hydrogen-bond donors (Lipinski definition) is 1. The maximum atomic E-state index is 11.5. The van der Waals surface area contributed by atoms with E-state index in [4.69, 9.17) is 9.47 Å². The Morgan fingerprint density at radius 2 is 1.88 bits per heavy atom. The summed E-state index contributed by atoms with van der Waals surface area (Å²) in [4.78, 5) is 16.8. The lowest BCUT2D eigenvalue weighted by Crippen LogP contribution is -2.54. The minimum atomic E-state index is -0.460. The predicted molar refractivity (Wildman–Crippen MR) is 99.1 cm³/mol. The number of aromatic nitrogens is 1. The molecular weight excluding hydrogens is 328 g/mol. The minimum absolute atomic E-state index is 0.0927. The van der Waals surface area contributed by atoms with Gasteiger partial charge >= 0.3 is 0 Å². The second-order valence-electron chi connectivity index (χ2n) is 7.69. The molecule has 1 aliphatic carbocycles. The first-order valence-electron chi connectivity index (χ1n) is 9.60. The third kappa shape index (κ3) is 2.85. The smallest absolute Gasteiger partial charge is 0.248 e. The minimum Gasteiger partial charge on any atom is -0.462 e. The Labute approximate surface area is 152 Å². The summed E-state index contributed by atoms with van der Waals surface area (Å²) in [7, 11) is 0. The van der Waals surface area contributed by atoms with Gasteiger partial charge in [0.2, 0.25) is 11.3 Å².